The Kier molecular flexibility index (Phi) is 7.07. The van der Waals surface area contributed by atoms with Crippen LogP contribution in [0.15, 0.2) is 34.5 Å². The SMILES string of the molecule is CCCOc1ccc(C2C(C(=O)OC)=C(C)N=C3SC(CC)C(=O)N32)cc1OCC. The minimum absolute atomic E-state index is 0.0515. The van der Waals surface area contributed by atoms with E-state index in [1.54, 1.807) is 11.8 Å². The number of esters is 1. The highest BCUT2D eigenvalue weighted by Crippen LogP contribution is 2.45. The fourth-order valence-electron chi connectivity index (χ4n) is 3.57. The number of allylic oxidation sites excluding steroid dienone is 1. The highest BCUT2D eigenvalue weighted by Gasteiger charge is 2.47. The minimum atomic E-state index is -0.624. The Balaban J connectivity index is 2.12. The molecule has 2 aliphatic heterocycles. The van der Waals surface area contributed by atoms with Crippen molar-refractivity contribution in [1.29, 1.82) is 0 Å². The Labute approximate surface area is 181 Å². The number of amides is 1. The largest absolute Gasteiger partial charge is 0.490 e. The van der Waals surface area contributed by atoms with Gasteiger partial charge in [0.2, 0.25) is 5.91 Å². The first kappa shape index (κ1) is 22.2. The monoisotopic (exact) mass is 432 g/mol. The molecule has 1 amide bonds. The number of nitrogens with zero attached hydrogens (tertiary/aromatic N) is 2. The van der Waals surface area contributed by atoms with Gasteiger partial charge in [-0.25, -0.2) is 9.79 Å². The number of benzene rings is 1. The molecule has 7 nitrogen and oxygen atoms in total. The lowest BCUT2D eigenvalue weighted by Gasteiger charge is -2.33. The second-order valence-corrected chi connectivity index (χ2v) is 8.17. The lowest BCUT2D eigenvalue weighted by molar-refractivity contribution is -0.137. The van der Waals surface area contributed by atoms with Gasteiger partial charge in [0.05, 0.1) is 42.9 Å². The van der Waals surface area contributed by atoms with E-state index >= 15 is 0 Å². The summed E-state index contributed by atoms with van der Waals surface area (Å²) in [5.74, 6) is 0.675. The standard InChI is InChI=1S/C22H28N2O5S/c1-6-11-29-15-10-9-14(12-16(15)28-8-3)19-18(21(26)27-5)13(4)23-22-24(19)20(25)17(7-2)30-22/h9-10,12,17,19H,6-8,11H2,1-5H3. The van der Waals surface area contributed by atoms with E-state index in [0.717, 1.165) is 12.0 Å². The number of hydrogen-bond acceptors (Lipinski definition) is 7. The molecule has 2 atom stereocenters. The predicted octanol–water partition coefficient (Wildman–Crippen LogP) is 4.09. The molecule has 0 radical (unpaired) electrons. The van der Waals surface area contributed by atoms with Gasteiger partial charge in [-0.1, -0.05) is 31.7 Å². The van der Waals surface area contributed by atoms with Crippen LogP contribution in [0.3, 0.4) is 0 Å². The van der Waals surface area contributed by atoms with Gasteiger partial charge in [-0.2, -0.15) is 0 Å². The van der Waals surface area contributed by atoms with Crippen LogP contribution in [-0.2, 0) is 14.3 Å². The molecule has 0 saturated carbocycles. The highest BCUT2D eigenvalue weighted by molar-refractivity contribution is 8.15. The molecule has 2 aliphatic rings. The Morgan fingerprint density at radius 3 is 2.60 bits per heavy atom. The van der Waals surface area contributed by atoms with E-state index in [1.165, 1.54) is 18.9 Å². The van der Waals surface area contributed by atoms with Crippen LogP contribution in [0, 0.1) is 0 Å². The van der Waals surface area contributed by atoms with Crippen LogP contribution in [0.2, 0.25) is 0 Å². The normalized spacial score (nSPS) is 20.8. The molecule has 0 bridgehead atoms. The van der Waals surface area contributed by atoms with Gasteiger partial charge in [0, 0.05) is 0 Å². The molecule has 8 heteroatoms. The van der Waals surface area contributed by atoms with Crippen LogP contribution in [-0.4, -0.2) is 47.5 Å². The van der Waals surface area contributed by atoms with Crippen LogP contribution in [0.5, 0.6) is 11.5 Å². The number of methoxy groups -OCH3 is 1. The Hall–Kier alpha value is -2.48. The van der Waals surface area contributed by atoms with Crippen molar-refractivity contribution in [3.63, 3.8) is 0 Å². The quantitative estimate of drug-likeness (QED) is 0.576. The minimum Gasteiger partial charge on any atom is -0.490 e. The first-order chi connectivity index (χ1) is 14.5. The molecule has 0 N–H and O–H groups in total. The summed E-state index contributed by atoms with van der Waals surface area (Å²) in [6.07, 6.45) is 1.56. The van der Waals surface area contributed by atoms with Crippen molar-refractivity contribution in [2.45, 2.75) is 51.8 Å². The zero-order valence-electron chi connectivity index (χ0n) is 18.1. The third-order valence-electron chi connectivity index (χ3n) is 4.97. The van der Waals surface area contributed by atoms with Crippen molar-refractivity contribution in [2.75, 3.05) is 20.3 Å². The molecular weight excluding hydrogens is 404 g/mol. The number of aliphatic imine (C=N–C) groups is 1. The second-order valence-electron chi connectivity index (χ2n) is 7.00. The number of thioether (sulfide) groups is 1. The van der Waals surface area contributed by atoms with Crippen molar-refractivity contribution in [1.82, 2.24) is 4.90 Å². The molecule has 3 rings (SSSR count). The van der Waals surface area contributed by atoms with Gasteiger partial charge in [0.15, 0.2) is 16.7 Å². The fourth-order valence-corrected chi connectivity index (χ4v) is 4.70. The Morgan fingerprint density at radius 1 is 1.20 bits per heavy atom. The summed E-state index contributed by atoms with van der Waals surface area (Å²) in [4.78, 5) is 32.0. The second kappa shape index (κ2) is 9.55. The van der Waals surface area contributed by atoms with Crippen molar-refractivity contribution < 1.29 is 23.8 Å². The molecule has 2 heterocycles. The number of amidine groups is 1. The number of ether oxygens (including phenoxy) is 3. The van der Waals surface area contributed by atoms with Gasteiger partial charge < -0.3 is 14.2 Å². The topological polar surface area (TPSA) is 77.4 Å². The number of carbonyl (C=O) groups excluding carboxylic acids is 2. The van der Waals surface area contributed by atoms with Crippen molar-refractivity contribution in [3.8, 4) is 11.5 Å². The van der Waals surface area contributed by atoms with Gasteiger partial charge >= 0.3 is 5.97 Å². The first-order valence-corrected chi connectivity index (χ1v) is 11.1. The van der Waals surface area contributed by atoms with E-state index < -0.39 is 12.0 Å². The lowest BCUT2D eigenvalue weighted by atomic mass is 9.94. The molecule has 2 unspecified atom stereocenters. The number of carbonyl (C=O) groups is 2. The zero-order valence-corrected chi connectivity index (χ0v) is 18.9. The smallest absolute Gasteiger partial charge is 0.338 e. The molecule has 1 aromatic rings. The van der Waals surface area contributed by atoms with Gasteiger partial charge in [0.25, 0.3) is 0 Å². The highest BCUT2D eigenvalue weighted by atomic mass is 32.2. The molecule has 1 fully saturated rings. The van der Waals surface area contributed by atoms with E-state index in [-0.39, 0.29) is 11.2 Å². The predicted molar refractivity (Wildman–Crippen MR) is 117 cm³/mol. The number of fused-ring (bicyclic) bond motifs is 1. The van der Waals surface area contributed by atoms with Crippen molar-refractivity contribution >= 4 is 28.8 Å². The number of hydrogen-bond donors (Lipinski definition) is 0. The van der Waals surface area contributed by atoms with Crippen LogP contribution < -0.4 is 9.47 Å². The van der Waals surface area contributed by atoms with Crippen LogP contribution in [0.1, 0.15) is 52.1 Å². The van der Waals surface area contributed by atoms with E-state index in [1.807, 2.05) is 39.0 Å². The van der Waals surface area contributed by atoms with Crippen LogP contribution >= 0.6 is 11.8 Å². The van der Waals surface area contributed by atoms with Crippen LogP contribution in [0.25, 0.3) is 0 Å². The summed E-state index contributed by atoms with van der Waals surface area (Å²) in [7, 11) is 1.33. The lowest BCUT2D eigenvalue weighted by Crippen LogP contribution is -2.40. The molecule has 30 heavy (non-hydrogen) atoms. The molecule has 0 aromatic heterocycles. The van der Waals surface area contributed by atoms with E-state index in [9.17, 15) is 9.59 Å². The maximum Gasteiger partial charge on any atom is 0.338 e. The summed E-state index contributed by atoms with van der Waals surface area (Å²) >= 11 is 1.44. The summed E-state index contributed by atoms with van der Waals surface area (Å²) in [5, 5.41) is 0.404. The molecule has 1 aromatic carbocycles. The summed E-state index contributed by atoms with van der Waals surface area (Å²) in [6.45, 7) is 8.73. The van der Waals surface area contributed by atoms with E-state index in [4.69, 9.17) is 14.2 Å². The number of rotatable bonds is 8. The Morgan fingerprint density at radius 2 is 1.97 bits per heavy atom. The Bertz CT molecular complexity index is 896. The summed E-state index contributed by atoms with van der Waals surface area (Å²) in [5.41, 5.74) is 1.66. The van der Waals surface area contributed by atoms with Gasteiger partial charge in [0.1, 0.15) is 0 Å². The molecule has 1 saturated heterocycles. The van der Waals surface area contributed by atoms with Gasteiger partial charge in [-0.3, -0.25) is 9.69 Å². The molecule has 0 aliphatic carbocycles. The average Bonchev–Trinajstić information content (AvgIpc) is 3.06. The maximum atomic E-state index is 13.1. The summed E-state index contributed by atoms with van der Waals surface area (Å²) < 4.78 is 16.6. The van der Waals surface area contributed by atoms with Crippen LogP contribution in [0.4, 0.5) is 0 Å². The molecule has 162 valence electrons. The fraction of sp³-hybridized carbons (Fsp3) is 0.500. The van der Waals surface area contributed by atoms with E-state index in [0.29, 0.717) is 47.6 Å². The van der Waals surface area contributed by atoms with Gasteiger partial charge in [-0.15, -0.1) is 0 Å². The third-order valence-corrected chi connectivity index (χ3v) is 6.29. The van der Waals surface area contributed by atoms with Gasteiger partial charge in [-0.05, 0) is 44.4 Å². The van der Waals surface area contributed by atoms with Crippen molar-refractivity contribution in [3.05, 3.63) is 35.0 Å². The van der Waals surface area contributed by atoms with Crippen molar-refractivity contribution in [2.24, 2.45) is 4.99 Å². The molecule has 0 spiro atoms. The van der Waals surface area contributed by atoms with E-state index in [2.05, 4.69) is 4.99 Å². The first-order valence-electron chi connectivity index (χ1n) is 10.2. The third kappa shape index (κ3) is 4.05. The maximum absolute atomic E-state index is 13.1. The average molecular weight is 433 g/mol. The summed E-state index contributed by atoms with van der Waals surface area (Å²) in [6, 6.07) is 4.92. The zero-order chi connectivity index (χ0) is 21.8. The molecular formula is C22H28N2O5S.